The van der Waals surface area contributed by atoms with Crippen LogP contribution < -0.4 is 16.6 Å². The first-order valence-corrected chi connectivity index (χ1v) is 5.63. The summed E-state index contributed by atoms with van der Waals surface area (Å²) >= 11 is 0. The Morgan fingerprint density at radius 1 is 1.29 bits per heavy atom. The van der Waals surface area contributed by atoms with Crippen LogP contribution in [0.3, 0.4) is 0 Å². The maximum absolute atomic E-state index is 11.4. The standard InChI is InChI=1S/C10H13N5O6/c1-21-3-2-12-9-7(14(17)18)4-6(10(16)13-11)5-8(9)15(19)20/h4-5,12H,2-3,11H2,1H3,(H,13,16). The van der Waals surface area contributed by atoms with E-state index in [1.165, 1.54) is 7.11 Å². The lowest BCUT2D eigenvalue weighted by Gasteiger charge is -2.09. The van der Waals surface area contributed by atoms with E-state index in [1.807, 2.05) is 0 Å². The monoisotopic (exact) mass is 299 g/mol. The number of nitro benzene ring substituents is 2. The summed E-state index contributed by atoms with van der Waals surface area (Å²) in [6.07, 6.45) is 0. The molecule has 0 bridgehead atoms. The van der Waals surface area contributed by atoms with Gasteiger partial charge in [-0.3, -0.25) is 30.4 Å². The summed E-state index contributed by atoms with van der Waals surface area (Å²) in [5.41, 5.74) is -0.0155. The number of amides is 1. The number of rotatable bonds is 7. The predicted octanol–water partition coefficient (Wildman–Crippen LogP) is 0.165. The van der Waals surface area contributed by atoms with Crippen molar-refractivity contribution in [2.45, 2.75) is 0 Å². The molecule has 0 aliphatic heterocycles. The zero-order valence-electron chi connectivity index (χ0n) is 11.0. The number of nitrogen functional groups attached to an aromatic ring is 1. The minimum absolute atomic E-state index is 0.126. The van der Waals surface area contributed by atoms with Crippen LogP contribution in [0, 0.1) is 20.2 Å². The van der Waals surface area contributed by atoms with Crippen molar-refractivity contribution in [3.05, 3.63) is 37.9 Å². The van der Waals surface area contributed by atoms with E-state index in [-0.39, 0.29) is 24.4 Å². The molecule has 1 aromatic carbocycles. The highest BCUT2D eigenvalue weighted by atomic mass is 16.6. The highest BCUT2D eigenvalue weighted by Crippen LogP contribution is 2.35. The van der Waals surface area contributed by atoms with Crippen LogP contribution in [-0.2, 0) is 4.74 Å². The normalized spacial score (nSPS) is 10.0. The first-order chi connectivity index (χ1) is 9.92. The first kappa shape index (κ1) is 16.3. The van der Waals surface area contributed by atoms with Crippen LogP contribution in [0.4, 0.5) is 17.1 Å². The number of nitro groups is 2. The van der Waals surface area contributed by atoms with E-state index in [9.17, 15) is 25.0 Å². The van der Waals surface area contributed by atoms with Crippen LogP contribution in [0.25, 0.3) is 0 Å². The lowest BCUT2D eigenvalue weighted by molar-refractivity contribution is -0.392. The molecule has 0 saturated carbocycles. The molecule has 0 aliphatic rings. The van der Waals surface area contributed by atoms with Crippen molar-refractivity contribution in [1.82, 2.24) is 5.43 Å². The molecule has 114 valence electrons. The Morgan fingerprint density at radius 2 is 1.81 bits per heavy atom. The van der Waals surface area contributed by atoms with Crippen LogP contribution in [0.1, 0.15) is 10.4 Å². The number of hydrogen-bond donors (Lipinski definition) is 3. The van der Waals surface area contributed by atoms with Gasteiger partial charge < -0.3 is 10.1 Å². The van der Waals surface area contributed by atoms with E-state index in [0.717, 1.165) is 12.1 Å². The van der Waals surface area contributed by atoms with Gasteiger partial charge in [0, 0.05) is 25.8 Å². The van der Waals surface area contributed by atoms with Gasteiger partial charge in [-0.2, -0.15) is 0 Å². The van der Waals surface area contributed by atoms with Crippen molar-refractivity contribution >= 4 is 23.0 Å². The number of carbonyl (C=O) groups excluding carboxylic acids is 1. The van der Waals surface area contributed by atoms with Gasteiger partial charge in [0.1, 0.15) is 0 Å². The fourth-order valence-electron chi connectivity index (χ4n) is 1.57. The van der Waals surface area contributed by atoms with E-state index >= 15 is 0 Å². The number of nitrogens with one attached hydrogen (secondary N) is 2. The average Bonchev–Trinajstić information content (AvgIpc) is 2.45. The van der Waals surface area contributed by atoms with Crippen molar-refractivity contribution in [2.24, 2.45) is 5.84 Å². The summed E-state index contributed by atoms with van der Waals surface area (Å²) in [6, 6.07) is 1.81. The van der Waals surface area contributed by atoms with E-state index < -0.39 is 27.1 Å². The lowest BCUT2D eigenvalue weighted by Crippen LogP contribution is -2.30. The SMILES string of the molecule is COCCNc1c([N+](=O)[O-])cc(C(=O)NN)cc1[N+](=O)[O-]. The third-order valence-corrected chi connectivity index (χ3v) is 2.49. The van der Waals surface area contributed by atoms with Gasteiger partial charge in [-0.15, -0.1) is 0 Å². The van der Waals surface area contributed by atoms with Crippen molar-refractivity contribution in [1.29, 1.82) is 0 Å². The molecule has 0 heterocycles. The summed E-state index contributed by atoms with van der Waals surface area (Å²) in [4.78, 5) is 31.8. The Labute approximate surface area is 118 Å². The molecule has 1 rings (SSSR count). The van der Waals surface area contributed by atoms with Crippen molar-refractivity contribution in [2.75, 3.05) is 25.6 Å². The van der Waals surface area contributed by atoms with Crippen LogP contribution in [-0.4, -0.2) is 36.0 Å². The number of hydrazine groups is 1. The fraction of sp³-hybridized carbons (Fsp3) is 0.300. The van der Waals surface area contributed by atoms with Gasteiger partial charge in [0.2, 0.25) is 0 Å². The van der Waals surface area contributed by atoms with E-state index in [4.69, 9.17) is 10.6 Å². The lowest BCUT2D eigenvalue weighted by atomic mass is 10.1. The van der Waals surface area contributed by atoms with Crippen LogP contribution in [0.15, 0.2) is 12.1 Å². The molecule has 1 aromatic rings. The quantitative estimate of drug-likeness (QED) is 0.211. The topological polar surface area (TPSA) is 163 Å². The fourth-order valence-corrected chi connectivity index (χ4v) is 1.57. The molecule has 11 heteroatoms. The molecule has 4 N–H and O–H groups in total. The number of hydrogen-bond acceptors (Lipinski definition) is 8. The van der Waals surface area contributed by atoms with Crippen LogP contribution in [0.5, 0.6) is 0 Å². The van der Waals surface area contributed by atoms with Gasteiger partial charge in [0.15, 0.2) is 5.69 Å². The third kappa shape index (κ3) is 3.84. The highest BCUT2D eigenvalue weighted by Gasteiger charge is 2.28. The highest BCUT2D eigenvalue weighted by molar-refractivity contribution is 5.97. The Morgan fingerprint density at radius 3 is 2.19 bits per heavy atom. The molecule has 1 amide bonds. The molecule has 0 aromatic heterocycles. The van der Waals surface area contributed by atoms with E-state index in [1.54, 1.807) is 5.43 Å². The Hall–Kier alpha value is -2.79. The molecular weight excluding hydrogens is 286 g/mol. The van der Waals surface area contributed by atoms with Crippen molar-refractivity contribution in [3.8, 4) is 0 Å². The Bertz CT molecular complexity index is 540. The van der Waals surface area contributed by atoms with Crippen molar-refractivity contribution < 1.29 is 19.4 Å². The zero-order valence-corrected chi connectivity index (χ0v) is 11.0. The van der Waals surface area contributed by atoms with E-state index in [0.29, 0.717) is 0 Å². The van der Waals surface area contributed by atoms with Crippen LogP contribution in [0.2, 0.25) is 0 Å². The number of nitrogens with zero attached hydrogens (tertiary/aromatic N) is 2. The average molecular weight is 299 g/mol. The number of ether oxygens (including phenoxy) is 1. The molecule has 0 atom stereocenters. The van der Waals surface area contributed by atoms with Gasteiger partial charge in [0.05, 0.1) is 22.0 Å². The maximum atomic E-state index is 11.4. The molecule has 0 aliphatic carbocycles. The maximum Gasteiger partial charge on any atom is 0.300 e. The predicted molar refractivity (Wildman–Crippen MR) is 71.8 cm³/mol. The van der Waals surface area contributed by atoms with Gasteiger partial charge in [-0.25, -0.2) is 5.84 Å². The van der Waals surface area contributed by atoms with Gasteiger partial charge in [-0.1, -0.05) is 0 Å². The number of carbonyl (C=O) groups is 1. The van der Waals surface area contributed by atoms with Gasteiger partial charge in [0.25, 0.3) is 17.3 Å². The Kier molecular flexibility index (Phi) is 5.51. The van der Waals surface area contributed by atoms with Crippen molar-refractivity contribution in [3.63, 3.8) is 0 Å². The van der Waals surface area contributed by atoms with Gasteiger partial charge >= 0.3 is 0 Å². The number of nitrogens with two attached hydrogens (primary N) is 1. The smallest absolute Gasteiger partial charge is 0.300 e. The van der Waals surface area contributed by atoms with Crippen LogP contribution >= 0.6 is 0 Å². The molecule has 0 unspecified atom stereocenters. The second kappa shape index (κ2) is 7.12. The van der Waals surface area contributed by atoms with E-state index in [2.05, 4.69) is 5.32 Å². The molecule has 0 spiro atoms. The second-order valence-electron chi connectivity index (χ2n) is 3.80. The minimum atomic E-state index is -0.871. The number of benzene rings is 1. The summed E-state index contributed by atoms with van der Waals surface area (Å²) < 4.78 is 4.76. The summed E-state index contributed by atoms with van der Waals surface area (Å²) in [5, 5.41) is 24.6. The largest absolute Gasteiger partial charge is 0.383 e. The summed E-state index contributed by atoms with van der Waals surface area (Å²) in [6.45, 7) is 0.319. The summed E-state index contributed by atoms with van der Waals surface area (Å²) in [7, 11) is 1.42. The number of methoxy groups -OCH3 is 1. The molecule has 21 heavy (non-hydrogen) atoms. The molecule has 11 nitrogen and oxygen atoms in total. The molecule has 0 radical (unpaired) electrons. The summed E-state index contributed by atoms with van der Waals surface area (Å²) in [5.74, 6) is 4.05. The first-order valence-electron chi connectivity index (χ1n) is 5.63. The second-order valence-corrected chi connectivity index (χ2v) is 3.80. The molecule has 0 saturated heterocycles. The minimum Gasteiger partial charge on any atom is -0.383 e. The zero-order chi connectivity index (χ0) is 16.0. The molecule has 0 fully saturated rings. The van der Waals surface area contributed by atoms with Gasteiger partial charge in [-0.05, 0) is 0 Å². The number of anilines is 1. The molecular formula is C10H13N5O6. The third-order valence-electron chi connectivity index (χ3n) is 2.49. The Balaban J connectivity index is 3.40.